The number of alkyl halides is 1. The van der Waals surface area contributed by atoms with Crippen molar-refractivity contribution in [1.29, 1.82) is 0 Å². The summed E-state index contributed by atoms with van der Waals surface area (Å²) in [7, 11) is -2.35. The molecule has 4 amide bonds. The van der Waals surface area contributed by atoms with Gasteiger partial charge in [0, 0.05) is 12.5 Å². The van der Waals surface area contributed by atoms with Gasteiger partial charge >= 0.3 is 6.09 Å². The first kappa shape index (κ1) is 39.9. The Labute approximate surface area is 329 Å². The lowest BCUT2D eigenvalue weighted by atomic mass is 10.1. The maximum absolute atomic E-state index is 14.5. The molecule has 1 aromatic heterocycles. The van der Waals surface area contributed by atoms with Crippen LogP contribution in [0.25, 0.3) is 11.0 Å². The monoisotopic (exact) mass is 880 g/mol. The van der Waals surface area contributed by atoms with Crippen molar-refractivity contribution in [3.8, 4) is 11.6 Å². The minimum absolute atomic E-state index is 0.0196. The number of hydrogen-bond donors (Lipinski definition) is 3. The van der Waals surface area contributed by atoms with Crippen molar-refractivity contribution in [3.63, 3.8) is 0 Å². The van der Waals surface area contributed by atoms with E-state index in [-0.39, 0.29) is 24.9 Å². The molecule has 15 nitrogen and oxygen atoms in total. The van der Waals surface area contributed by atoms with E-state index in [2.05, 4.69) is 15.4 Å². The largest absolute Gasteiger partial charge is 0.497 e. The number of sulfonamides is 1. The highest BCUT2D eigenvalue weighted by Crippen LogP contribution is 2.30. The molecule has 54 heavy (non-hydrogen) atoms. The maximum atomic E-state index is 14.5. The Kier molecular flexibility index (Phi) is 13.2. The Hall–Kier alpha value is -3.74. The molecule has 2 aromatic rings. The Bertz CT molecular complexity index is 1850. The van der Waals surface area contributed by atoms with Gasteiger partial charge in [0.05, 0.1) is 33.9 Å². The molecule has 5 atom stereocenters. The summed E-state index contributed by atoms with van der Waals surface area (Å²) in [4.78, 5) is 66.3. The summed E-state index contributed by atoms with van der Waals surface area (Å²) in [6, 6.07) is 1.99. The predicted molar refractivity (Wildman–Crippen MR) is 208 cm³/mol. The minimum atomic E-state index is -3.90. The number of hydrogen-bond acceptors (Lipinski definition) is 11. The third-order valence-corrected chi connectivity index (χ3v) is 13.3. The van der Waals surface area contributed by atoms with Crippen molar-refractivity contribution >= 4 is 67.5 Å². The molecule has 4 aliphatic rings. The van der Waals surface area contributed by atoms with Crippen molar-refractivity contribution in [2.75, 3.05) is 13.7 Å². The summed E-state index contributed by atoms with van der Waals surface area (Å²) in [6.07, 6.45) is 10.2. The first-order valence-electron chi connectivity index (χ1n) is 18.9. The van der Waals surface area contributed by atoms with Gasteiger partial charge in [0.25, 0.3) is 5.91 Å². The second kappa shape index (κ2) is 17.8. The highest BCUT2D eigenvalue weighted by Gasteiger charge is 2.45. The molecule has 0 bridgehead atoms. The number of rotatable bonds is 9. The number of allylic oxidation sites excluding steroid dienone is 1. The maximum Gasteiger partial charge on any atom is 0.408 e. The Morgan fingerprint density at radius 1 is 1.00 bits per heavy atom. The fraction of sp³-hybridized carbons (Fsp3) is 0.622. The van der Waals surface area contributed by atoms with Crippen LogP contribution in [0, 0.1) is 0 Å². The number of methoxy groups -OCH3 is 1. The van der Waals surface area contributed by atoms with Gasteiger partial charge in [0.1, 0.15) is 41.8 Å². The van der Waals surface area contributed by atoms with Crippen molar-refractivity contribution in [2.45, 2.75) is 130 Å². The number of carbonyl (C=O) groups is 4. The highest BCUT2D eigenvalue weighted by atomic mass is 127. The zero-order valence-corrected chi connectivity index (χ0v) is 33.6. The Balaban J connectivity index is 1.30. The number of alkyl carbamates (subject to hydrolysis) is 1. The first-order valence-corrected chi connectivity index (χ1v) is 21.7. The number of aryl methyl sites for hydroxylation is 1. The molecule has 2 aliphatic carbocycles. The summed E-state index contributed by atoms with van der Waals surface area (Å²) in [5.41, 5.74) is 1.79. The molecule has 1 unspecified atom stereocenters. The van der Waals surface area contributed by atoms with E-state index in [4.69, 9.17) is 24.2 Å². The number of amides is 4. The van der Waals surface area contributed by atoms with E-state index in [1.165, 1.54) is 4.90 Å². The third-order valence-electron chi connectivity index (χ3n) is 10.3. The summed E-state index contributed by atoms with van der Waals surface area (Å²) < 4.78 is 44.6. The number of halogens is 1. The molecule has 2 aliphatic heterocycles. The summed E-state index contributed by atoms with van der Waals surface area (Å²) >= 11 is 2.02. The van der Waals surface area contributed by atoms with Gasteiger partial charge in [0.2, 0.25) is 27.7 Å². The summed E-state index contributed by atoms with van der Waals surface area (Å²) in [5.74, 6) is -1.13. The van der Waals surface area contributed by atoms with E-state index in [0.29, 0.717) is 61.0 Å². The molecule has 3 fully saturated rings. The lowest BCUT2D eigenvalue weighted by molar-refractivity contribution is -0.140. The van der Waals surface area contributed by atoms with E-state index >= 15 is 0 Å². The molecule has 294 valence electrons. The second-order valence-electron chi connectivity index (χ2n) is 14.4. The van der Waals surface area contributed by atoms with Crippen LogP contribution in [-0.4, -0.2) is 100 Å². The van der Waals surface area contributed by atoms with Crippen LogP contribution in [0.4, 0.5) is 4.79 Å². The number of aromatic nitrogens is 2. The van der Waals surface area contributed by atoms with E-state index in [0.717, 1.165) is 38.5 Å². The van der Waals surface area contributed by atoms with Gasteiger partial charge in [-0.25, -0.2) is 23.2 Å². The fourth-order valence-corrected chi connectivity index (χ4v) is 9.29. The quantitative estimate of drug-likeness (QED) is 0.187. The van der Waals surface area contributed by atoms with Crippen LogP contribution in [0.3, 0.4) is 0 Å². The van der Waals surface area contributed by atoms with Crippen molar-refractivity contribution in [3.05, 3.63) is 36.0 Å². The van der Waals surface area contributed by atoms with Crippen LogP contribution in [0.1, 0.15) is 89.7 Å². The predicted octanol–water partition coefficient (Wildman–Crippen LogP) is 4.00. The number of carbonyl (C=O) groups excluding carboxylic acids is 4. The van der Waals surface area contributed by atoms with Crippen LogP contribution in [0.5, 0.6) is 11.6 Å². The zero-order valence-electron chi connectivity index (χ0n) is 30.6. The van der Waals surface area contributed by atoms with Gasteiger partial charge in [-0.05, 0) is 76.3 Å². The number of benzene rings is 1. The van der Waals surface area contributed by atoms with E-state index in [1.54, 1.807) is 25.3 Å². The molecule has 2 saturated carbocycles. The number of fused-ring (bicyclic) bond motifs is 2. The average molecular weight is 881 g/mol. The smallest absolute Gasteiger partial charge is 0.408 e. The van der Waals surface area contributed by atoms with Crippen LogP contribution in [0.2, 0.25) is 0 Å². The molecule has 0 spiro atoms. The standard InChI is InChI=1S/C37H49IN6O9S/c1-3-27-35(40-30-19-23(51-2)15-18-28(30)39-27)52-24-20-31-33(45)42-32(34(46)43-54(49,50)25-16-17-25)26(38)13-7-5-4-6-8-14-29(36(47)44(31)21-24)41-37(48)53-22-11-9-10-12-22/h7,13,15,18-19,22,24-26,29,31-32H,3-6,8-12,14,16-17,20-21H2,1-2H3,(H,41,48)(H,42,45)(H,43,46)/b13-7-/t24-,26+,29+,31+,32?/m1/s1. The van der Waals surface area contributed by atoms with Gasteiger partial charge in [-0.15, -0.1) is 0 Å². The molecule has 1 saturated heterocycles. The third kappa shape index (κ3) is 9.92. The molecule has 3 N–H and O–H groups in total. The van der Waals surface area contributed by atoms with Crippen LogP contribution in [-0.2, 0) is 35.6 Å². The fourth-order valence-electron chi connectivity index (χ4n) is 7.16. The van der Waals surface area contributed by atoms with Crippen molar-refractivity contribution in [2.24, 2.45) is 0 Å². The van der Waals surface area contributed by atoms with E-state index in [1.807, 2.05) is 41.7 Å². The van der Waals surface area contributed by atoms with E-state index in [9.17, 15) is 27.6 Å². The topological polar surface area (TPSA) is 195 Å². The lowest BCUT2D eigenvalue weighted by Crippen LogP contribution is -2.58. The van der Waals surface area contributed by atoms with Crippen molar-refractivity contribution < 1.29 is 41.8 Å². The molecule has 0 radical (unpaired) electrons. The molecular formula is C37H49IN6O9S. The number of nitrogens with zero attached hydrogens (tertiary/aromatic N) is 3. The van der Waals surface area contributed by atoms with Gasteiger partial charge in [-0.3, -0.25) is 19.1 Å². The first-order chi connectivity index (χ1) is 25.9. The SMILES string of the molecule is CCc1nc2ccc(OC)cc2nc1O[C@@H]1C[C@H]2C(=O)NC(C(=O)NS(=O)(=O)C3CC3)[C@@H](I)/C=C\CCCCC[C@H](NC(=O)OC3CCCC3)C(=O)N2C1. The Morgan fingerprint density at radius 2 is 1.76 bits per heavy atom. The molecule has 17 heteroatoms. The normalized spacial score (nSPS) is 26.6. The van der Waals surface area contributed by atoms with Gasteiger partial charge in [0.15, 0.2) is 0 Å². The molecule has 6 rings (SSSR count). The zero-order chi connectivity index (χ0) is 38.4. The van der Waals surface area contributed by atoms with Crippen LogP contribution >= 0.6 is 22.6 Å². The second-order valence-corrected chi connectivity index (χ2v) is 17.8. The van der Waals surface area contributed by atoms with Gasteiger partial charge in [-0.1, -0.05) is 54.5 Å². The average Bonchev–Trinajstić information content (AvgIpc) is 3.76. The molecular weight excluding hydrogens is 831 g/mol. The number of nitrogens with one attached hydrogen (secondary N) is 3. The van der Waals surface area contributed by atoms with E-state index < -0.39 is 67.2 Å². The Morgan fingerprint density at radius 3 is 2.48 bits per heavy atom. The minimum Gasteiger partial charge on any atom is -0.497 e. The summed E-state index contributed by atoms with van der Waals surface area (Å²) in [5, 5.41) is 4.94. The van der Waals surface area contributed by atoms with Crippen LogP contribution < -0.4 is 24.8 Å². The van der Waals surface area contributed by atoms with Gasteiger partial charge in [-0.2, -0.15) is 0 Å². The molecule has 3 heterocycles. The summed E-state index contributed by atoms with van der Waals surface area (Å²) in [6.45, 7) is 1.90. The van der Waals surface area contributed by atoms with Gasteiger partial charge < -0.3 is 29.7 Å². The van der Waals surface area contributed by atoms with Crippen molar-refractivity contribution in [1.82, 2.24) is 30.2 Å². The lowest BCUT2D eigenvalue weighted by Gasteiger charge is -2.30. The van der Waals surface area contributed by atoms with Crippen LogP contribution in [0.15, 0.2) is 30.4 Å². The highest BCUT2D eigenvalue weighted by molar-refractivity contribution is 14.1. The molecule has 1 aromatic carbocycles. The number of ether oxygens (including phenoxy) is 3.